The molecule has 0 aliphatic heterocycles. The van der Waals surface area contributed by atoms with Crippen LogP contribution in [0.2, 0.25) is 0 Å². The Balaban J connectivity index is 2.03. The minimum atomic E-state index is 0.469. The van der Waals surface area contributed by atoms with Crippen molar-refractivity contribution in [3.8, 4) is 11.1 Å². The third-order valence-electron chi connectivity index (χ3n) is 4.39. The number of anilines is 1. The largest absolute Gasteiger partial charge is 0.380 e. The van der Waals surface area contributed by atoms with Gasteiger partial charge in [-0.3, -0.25) is 0 Å². The van der Waals surface area contributed by atoms with E-state index in [2.05, 4.69) is 24.2 Å². The maximum Gasteiger partial charge on any atom is 0.175 e. The molecule has 0 unspecified atom stereocenters. The van der Waals surface area contributed by atoms with Gasteiger partial charge in [0.05, 0.1) is 5.56 Å². The van der Waals surface area contributed by atoms with Gasteiger partial charge in [0, 0.05) is 5.92 Å². The van der Waals surface area contributed by atoms with Gasteiger partial charge in [0.25, 0.3) is 0 Å². The first-order valence-electron chi connectivity index (χ1n) is 7.58. The second-order valence-corrected chi connectivity index (χ2v) is 5.81. The number of rotatable bonds is 2. The molecule has 1 fully saturated rings. The van der Waals surface area contributed by atoms with Crippen molar-refractivity contribution in [2.45, 2.75) is 51.4 Å². The first-order chi connectivity index (χ1) is 9.77. The molecule has 0 amide bonds. The SMILES string of the molecule is Cc1ccccc1-c1c(N)noc1C1CCCCCC1. The van der Waals surface area contributed by atoms with Crippen molar-refractivity contribution in [1.29, 1.82) is 0 Å². The fraction of sp³-hybridized carbons (Fsp3) is 0.471. The molecule has 0 bridgehead atoms. The molecule has 106 valence electrons. The average Bonchev–Trinajstić information content (AvgIpc) is 2.67. The van der Waals surface area contributed by atoms with Crippen molar-refractivity contribution in [1.82, 2.24) is 5.16 Å². The number of hydrogen-bond donors (Lipinski definition) is 1. The number of aromatic nitrogens is 1. The number of aryl methyl sites for hydroxylation is 1. The second-order valence-electron chi connectivity index (χ2n) is 5.81. The molecule has 3 nitrogen and oxygen atoms in total. The fourth-order valence-corrected chi connectivity index (χ4v) is 3.26. The predicted octanol–water partition coefficient (Wildman–Crippen LogP) is 4.67. The summed E-state index contributed by atoms with van der Waals surface area (Å²) in [6.45, 7) is 2.11. The number of nitrogens with two attached hydrogens (primary N) is 1. The van der Waals surface area contributed by atoms with Gasteiger partial charge < -0.3 is 10.3 Å². The Hall–Kier alpha value is -1.77. The van der Waals surface area contributed by atoms with Crippen molar-refractivity contribution >= 4 is 5.82 Å². The number of benzene rings is 1. The highest BCUT2D eigenvalue weighted by Crippen LogP contribution is 2.40. The molecule has 1 aliphatic carbocycles. The summed E-state index contributed by atoms with van der Waals surface area (Å²) in [6, 6.07) is 8.32. The molecule has 3 rings (SSSR count). The number of nitrogens with zero attached hydrogens (tertiary/aromatic N) is 1. The quantitative estimate of drug-likeness (QED) is 0.807. The lowest BCUT2D eigenvalue weighted by atomic mass is 9.90. The first kappa shape index (κ1) is 13.2. The van der Waals surface area contributed by atoms with E-state index >= 15 is 0 Å². The second kappa shape index (κ2) is 5.70. The molecule has 3 heteroatoms. The van der Waals surface area contributed by atoms with Crippen LogP contribution < -0.4 is 5.73 Å². The van der Waals surface area contributed by atoms with Gasteiger partial charge in [-0.05, 0) is 30.9 Å². The van der Waals surface area contributed by atoms with Crippen LogP contribution in [0.1, 0.15) is 55.8 Å². The van der Waals surface area contributed by atoms with Crippen LogP contribution in [0.25, 0.3) is 11.1 Å². The van der Waals surface area contributed by atoms with Gasteiger partial charge in [-0.1, -0.05) is 55.1 Å². The summed E-state index contributed by atoms with van der Waals surface area (Å²) >= 11 is 0. The van der Waals surface area contributed by atoms with Gasteiger partial charge in [-0.25, -0.2) is 0 Å². The highest BCUT2D eigenvalue weighted by atomic mass is 16.5. The van der Waals surface area contributed by atoms with Crippen LogP contribution >= 0.6 is 0 Å². The summed E-state index contributed by atoms with van der Waals surface area (Å²) in [4.78, 5) is 0. The van der Waals surface area contributed by atoms with Gasteiger partial charge in [0.2, 0.25) is 0 Å². The molecule has 1 aliphatic rings. The zero-order valence-electron chi connectivity index (χ0n) is 12.1. The van der Waals surface area contributed by atoms with Crippen LogP contribution in [0.5, 0.6) is 0 Å². The Morgan fingerprint density at radius 1 is 1.10 bits per heavy atom. The highest BCUT2D eigenvalue weighted by molar-refractivity contribution is 5.78. The molecular weight excluding hydrogens is 248 g/mol. The molecular formula is C17H22N2O. The topological polar surface area (TPSA) is 52.0 Å². The third kappa shape index (κ3) is 2.45. The Bertz CT molecular complexity index is 580. The summed E-state index contributed by atoms with van der Waals surface area (Å²) in [5.74, 6) is 1.99. The number of nitrogen functional groups attached to an aromatic ring is 1. The lowest BCUT2D eigenvalue weighted by Crippen LogP contribution is -1.99. The van der Waals surface area contributed by atoms with Crippen LogP contribution in [-0.4, -0.2) is 5.16 Å². The molecule has 1 heterocycles. The Labute approximate surface area is 120 Å². The summed E-state index contributed by atoms with van der Waals surface area (Å²) < 4.78 is 5.62. The Kier molecular flexibility index (Phi) is 3.77. The normalized spacial score (nSPS) is 17.1. The molecule has 0 atom stereocenters. The van der Waals surface area contributed by atoms with Gasteiger partial charge >= 0.3 is 0 Å². The molecule has 2 aromatic rings. The van der Waals surface area contributed by atoms with Crippen molar-refractivity contribution in [2.75, 3.05) is 5.73 Å². The van der Waals surface area contributed by atoms with Crippen LogP contribution in [0.4, 0.5) is 5.82 Å². The minimum Gasteiger partial charge on any atom is -0.380 e. The zero-order chi connectivity index (χ0) is 13.9. The summed E-state index contributed by atoms with van der Waals surface area (Å²) in [6.07, 6.45) is 7.59. The van der Waals surface area contributed by atoms with E-state index in [0.29, 0.717) is 11.7 Å². The summed E-state index contributed by atoms with van der Waals surface area (Å²) in [5.41, 5.74) is 9.48. The van der Waals surface area contributed by atoms with Gasteiger partial charge in [-0.15, -0.1) is 0 Å². The third-order valence-corrected chi connectivity index (χ3v) is 4.39. The number of hydrogen-bond acceptors (Lipinski definition) is 3. The van der Waals surface area contributed by atoms with E-state index in [1.54, 1.807) is 0 Å². The van der Waals surface area contributed by atoms with Gasteiger partial charge in [0.15, 0.2) is 5.82 Å². The van der Waals surface area contributed by atoms with E-state index in [1.807, 2.05) is 12.1 Å². The fourth-order valence-electron chi connectivity index (χ4n) is 3.26. The molecule has 1 aromatic heterocycles. The molecule has 2 N–H and O–H groups in total. The van der Waals surface area contributed by atoms with Gasteiger partial charge in [-0.2, -0.15) is 0 Å². The Morgan fingerprint density at radius 3 is 2.50 bits per heavy atom. The van der Waals surface area contributed by atoms with Crippen LogP contribution in [0, 0.1) is 6.92 Å². The molecule has 0 saturated heterocycles. The first-order valence-corrected chi connectivity index (χ1v) is 7.58. The van der Waals surface area contributed by atoms with E-state index in [1.165, 1.54) is 44.1 Å². The molecule has 1 aromatic carbocycles. The molecule has 0 radical (unpaired) electrons. The van der Waals surface area contributed by atoms with Crippen LogP contribution in [0.3, 0.4) is 0 Å². The van der Waals surface area contributed by atoms with E-state index in [0.717, 1.165) is 16.9 Å². The maximum absolute atomic E-state index is 6.08. The predicted molar refractivity (Wildman–Crippen MR) is 81.5 cm³/mol. The minimum absolute atomic E-state index is 0.469. The van der Waals surface area contributed by atoms with E-state index < -0.39 is 0 Å². The zero-order valence-corrected chi connectivity index (χ0v) is 12.1. The van der Waals surface area contributed by atoms with Crippen molar-refractivity contribution < 1.29 is 4.52 Å². The van der Waals surface area contributed by atoms with Crippen molar-refractivity contribution in [3.05, 3.63) is 35.6 Å². The highest BCUT2D eigenvalue weighted by Gasteiger charge is 2.25. The van der Waals surface area contributed by atoms with Gasteiger partial charge in [0.1, 0.15) is 5.76 Å². The standard InChI is InChI=1S/C17H22N2O/c1-12-8-6-7-11-14(12)15-16(20-19-17(15)18)13-9-4-2-3-5-10-13/h6-8,11,13H,2-5,9-10H2,1H3,(H2,18,19). The maximum atomic E-state index is 6.08. The molecule has 1 saturated carbocycles. The summed E-state index contributed by atoms with van der Waals surface area (Å²) in [5, 5.41) is 4.04. The van der Waals surface area contributed by atoms with E-state index in [4.69, 9.17) is 10.3 Å². The van der Waals surface area contributed by atoms with Crippen molar-refractivity contribution in [3.63, 3.8) is 0 Å². The van der Waals surface area contributed by atoms with Crippen LogP contribution in [0.15, 0.2) is 28.8 Å². The average molecular weight is 270 g/mol. The van der Waals surface area contributed by atoms with E-state index in [9.17, 15) is 0 Å². The van der Waals surface area contributed by atoms with Crippen molar-refractivity contribution in [2.24, 2.45) is 0 Å². The summed E-state index contributed by atoms with van der Waals surface area (Å²) in [7, 11) is 0. The Morgan fingerprint density at radius 2 is 1.80 bits per heavy atom. The lowest BCUT2D eigenvalue weighted by molar-refractivity contribution is 0.350. The van der Waals surface area contributed by atoms with E-state index in [-0.39, 0.29) is 0 Å². The molecule has 20 heavy (non-hydrogen) atoms. The smallest absolute Gasteiger partial charge is 0.175 e. The lowest BCUT2D eigenvalue weighted by Gasteiger charge is -2.13. The van der Waals surface area contributed by atoms with Crippen LogP contribution in [-0.2, 0) is 0 Å². The molecule has 0 spiro atoms. The monoisotopic (exact) mass is 270 g/mol.